The largest absolute Gasteiger partial charge is 0.768 e. The van der Waals surface area contributed by atoms with Crippen molar-refractivity contribution < 1.29 is 8.76 Å². The number of hydrogen-bond acceptors (Lipinski definition) is 2. The van der Waals surface area contributed by atoms with Crippen LogP contribution in [0.25, 0.3) is 0 Å². The summed E-state index contributed by atoms with van der Waals surface area (Å²) in [5, 5.41) is 0. The summed E-state index contributed by atoms with van der Waals surface area (Å²) >= 11 is -2.06. The monoisotopic (exact) mass is 199 g/mol. The van der Waals surface area contributed by atoms with Gasteiger partial charge in [0.05, 0.1) is 0 Å². The van der Waals surface area contributed by atoms with Gasteiger partial charge >= 0.3 is 0 Å². The topological polar surface area (TPSA) is 40.1 Å². The quantitative estimate of drug-likeness (QED) is 0.655. The van der Waals surface area contributed by atoms with Crippen LogP contribution in [0.1, 0.15) is 26.7 Å². The second-order valence-electron chi connectivity index (χ2n) is 3.49. The highest BCUT2D eigenvalue weighted by molar-refractivity contribution is 7.83. The van der Waals surface area contributed by atoms with Gasteiger partial charge in [0.2, 0.25) is 0 Å². The Hall–Kier alpha value is -0.410. The molecule has 0 N–H and O–H groups in total. The van der Waals surface area contributed by atoms with Crippen molar-refractivity contribution >= 4 is 11.1 Å². The average Bonchev–Trinajstić information content (AvgIpc) is 2.17. The van der Waals surface area contributed by atoms with Gasteiger partial charge in [-0.15, -0.1) is 0 Å². The predicted octanol–water partition coefficient (Wildman–Crippen LogP) is 2.37. The molecule has 74 valence electrons. The Morgan fingerprint density at radius 1 is 1.77 bits per heavy atom. The molecule has 0 heterocycles. The van der Waals surface area contributed by atoms with Gasteiger partial charge in [-0.2, -0.15) is 0 Å². The molecule has 1 rings (SSSR count). The van der Waals surface area contributed by atoms with Gasteiger partial charge in [0, 0.05) is 4.91 Å². The molecule has 0 radical (unpaired) electrons. The maximum Gasteiger partial charge on any atom is 0.0206 e. The van der Waals surface area contributed by atoms with Crippen molar-refractivity contribution in [3.8, 4) is 0 Å². The molecular formula is C10H15O2S-. The van der Waals surface area contributed by atoms with Crippen molar-refractivity contribution in [2.45, 2.75) is 26.7 Å². The zero-order valence-corrected chi connectivity index (χ0v) is 8.84. The van der Waals surface area contributed by atoms with Gasteiger partial charge < -0.3 is 4.55 Å². The second-order valence-corrected chi connectivity index (χ2v) is 4.43. The van der Waals surface area contributed by atoms with Gasteiger partial charge in [-0.05, 0) is 29.3 Å². The molecule has 1 aliphatic carbocycles. The van der Waals surface area contributed by atoms with Crippen LogP contribution < -0.4 is 0 Å². The number of hydrogen-bond donors (Lipinski definition) is 0. The van der Waals surface area contributed by atoms with Gasteiger partial charge in [-0.25, -0.2) is 0 Å². The van der Waals surface area contributed by atoms with Gasteiger partial charge in [-0.3, -0.25) is 4.21 Å². The molecule has 0 aliphatic heterocycles. The fourth-order valence-corrected chi connectivity index (χ4v) is 1.89. The highest BCUT2D eigenvalue weighted by atomic mass is 32.2. The Bertz CT molecular complexity index is 256. The van der Waals surface area contributed by atoms with Crippen molar-refractivity contribution in [2.24, 2.45) is 11.8 Å². The van der Waals surface area contributed by atoms with Gasteiger partial charge in [0.1, 0.15) is 0 Å². The predicted molar refractivity (Wildman–Crippen MR) is 53.7 cm³/mol. The summed E-state index contributed by atoms with van der Waals surface area (Å²) in [5.41, 5.74) is 0. The molecule has 3 atom stereocenters. The van der Waals surface area contributed by atoms with Crippen LogP contribution in [0, 0.1) is 11.8 Å². The molecule has 0 aromatic heterocycles. The molecule has 0 aromatic carbocycles. The van der Waals surface area contributed by atoms with Crippen molar-refractivity contribution in [3.63, 3.8) is 0 Å². The summed E-state index contributed by atoms with van der Waals surface area (Å²) in [7, 11) is 0. The van der Waals surface area contributed by atoms with Crippen molar-refractivity contribution in [1.29, 1.82) is 0 Å². The maximum absolute atomic E-state index is 10.6. The van der Waals surface area contributed by atoms with Crippen molar-refractivity contribution in [3.05, 3.63) is 23.1 Å². The van der Waals surface area contributed by atoms with E-state index in [1.54, 1.807) is 12.2 Å². The molecule has 3 heteroatoms. The third-order valence-electron chi connectivity index (χ3n) is 2.67. The lowest BCUT2D eigenvalue weighted by Crippen LogP contribution is -2.10. The Balaban J connectivity index is 2.58. The lowest BCUT2D eigenvalue weighted by atomic mass is 9.87. The molecule has 0 bridgehead atoms. The van der Waals surface area contributed by atoms with E-state index in [4.69, 9.17) is 0 Å². The van der Waals surface area contributed by atoms with Crippen LogP contribution in [-0.2, 0) is 11.1 Å². The van der Waals surface area contributed by atoms with Crippen LogP contribution in [-0.4, -0.2) is 8.76 Å². The Morgan fingerprint density at radius 2 is 2.46 bits per heavy atom. The fourth-order valence-electron chi connectivity index (χ4n) is 1.47. The van der Waals surface area contributed by atoms with Gasteiger partial charge in [0.15, 0.2) is 0 Å². The first-order valence-corrected chi connectivity index (χ1v) is 5.70. The first-order valence-electron chi connectivity index (χ1n) is 4.62. The lowest BCUT2D eigenvalue weighted by molar-refractivity contribution is 0.417. The molecule has 0 amide bonds. The molecular weight excluding hydrogens is 184 g/mol. The number of allylic oxidation sites excluding steroid dienone is 3. The summed E-state index contributed by atoms with van der Waals surface area (Å²) in [6, 6.07) is 0. The van der Waals surface area contributed by atoms with E-state index < -0.39 is 11.1 Å². The summed E-state index contributed by atoms with van der Waals surface area (Å²) in [6.07, 6.45) is 7.52. The molecule has 0 aromatic rings. The Labute approximate surface area is 82.0 Å². The average molecular weight is 199 g/mol. The minimum Gasteiger partial charge on any atom is -0.768 e. The van der Waals surface area contributed by atoms with Gasteiger partial charge in [0.25, 0.3) is 0 Å². The molecule has 0 saturated carbocycles. The van der Waals surface area contributed by atoms with Crippen molar-refractivity contribution in [2.75, 3.05) is 0 Å². The summed E-state index contributed by atoms with van der Waals surface area (Å²) < 4.78 is 21.2. The number of rotatable bonds is 3. The van der Waals surface area contributed by atoms with Crippen LogP contribution >= 0.6 is 0 Å². The maximum atomic E-state index is 10.6. The molecule has 13 heavy (non-hydrogen) atoms. The normalized spacial score (nSPS) is 26.7. The molecule has 0 fully saturated rings. The van der Waals surface area contributed by atoms with Crippen LogP contribution in [0.3, 0.4) is 0 Å². The fraction of sp³-hybridized carbons (Fsp3) is 0.600. The molecule has 1 aliphatic rings. The summed E-state index contributed by atoms with van der Waals surface area (Å²) in [6.45, 7) is 4.35. The van der Waals surface area contributed by atoms with E-state index >= 15 is 0 Å². The third kappa shape index (κ3) is 2.78. The highest BCUT2D eigenvalue weighted by Gasteiger charge is 2.14. The minimum atomic E-state index is -2.06. The smallest absolute Gasteiger partial charge is 0.0206 e. The van der Waals surface area contributed by atoms with Crippen LogP contribution in [0.4, 0.5) is 0 Å². The van der Waals surface area contributed by atoms with E-state index in [9.17, 15) is 8.76 Å². The lowest BCUT2D eigenvalue weighted by Gasteiger charge is -2.22. The third-order valence-corrected chi connectivity index (χ3v) is 3.35. The minimum absolute atomic E-state index is 0.430. The highest BCUT2D eigenvalue weighted by Crippen LogP contribution is 2.26. The summed E-state index contributed by atoms with van der Waals surface area (Å²) in [4.78, 5) is 0.430. The Morgan fingerprint density at radius 3 is 2.85 bits per heavy atom. The van der Waals surface area contributed by atoms with E-state index in [0.29, 0.717) is 16.7 Å². The van der Waals surface area contributed by atoms with E-state index in [-0.39, 0.29) is 0 Å². The zero-order valence-electron chi connectivity index (χ0n) is 8.03. The Kier molecular flexibility index (Phi) is 3.88. The van der Waals surface area contributed by atoms with Gasteiger partial charge in [-0.1, -0.05) is 38.5 Å². The van der Waals surface area contributed by atoms with Crippen LogP contribution in [0.5, 0.6) is 0 Å². The van der Waals surface area contributed by atoms with Crippen LogP contribution in [0.15, 0.2) is 23.1 Å². The van der Waals surface area contributed by atoms with E-state index in [1.165, 1.54) is 0 Å². The second kappa shape index (κ2) is 4.72. The molecule has 3 unspecified atom stereocenters. The first kappa shape index (κ1) is 10.7. The summed E-state index contributed by atoms with van der Waals surface area (Å²) in [5.74, 6) is 1.14. The molecule has 0 spiro atoms. The van der Waals surface area contributed by atoms with Crippen molar-refractivity contribution in [1.82, 2.24) is 0 Å². The van der Waals surface area contributed by atoms with E-state index in [0.717, 1.165) is 12.8 Å². The molecule has 2 nitrogen and oxygen atoms in total. The van der Waals surface area contributed by atoms with E-state index in [1.807, 2.05) is 6.08 Å². The standard InChI is InChI=1S/C10H16O2S/c1-3-8(2)9-4-6-10(7-5-9)13(11)12/h4,6-9H,3,5H2,1-2H3,(H,11,12)/p-1. The van der Waals surface area contributed by atoms with E-state index in [2.05, 4.69) is 13.8 Å². The first-order chi connectivity index (χ1) is 6.15. The SMILES string of the molecule is CCC(C)C1C=CC(S(=O)[O-])=CC1. The zero-order chi connectivity index (χ0) is 9.84. The molecule has 0 saturated heterocycles. The van der Waals surface area contributed by atoms with Crippen LogP contribution in [0.2, 0.25) is 0 Å².